The van der Waals surface area contributed by atoms with Crippen LogP contribution in [0.3, 0.4) is 0 Å². The Balaban J connectivity index is 1.39. The van der Waals surface area contributed by atoms with Crippen molar-refractivity contribution in [1.29, 1.82) is 0 Å². The van der Waals surface area contributed by atoms with Crippen molar-refractivity contribution in [3.63, 3.8) is 0 Å². The number of carbonyl (C=O) groups is 3. The molecule has 2 aliphatic rings. The molecular weight excluding hydrogens is 436 g/mol. The van der Waals surface area contributed by atoms with Gasteiger partial charge in [-0.2, -0.15) is 0 Å². The van der Waals surface area contributed by atoms with Crippen molar-refractivity contribution < 1.29 is 28.3 Å². The van der Waals surface area contributed by atoms with Gasteiger partial charge in [0.15, 0.2) is 17.3 Å². The molecule has 1 N–H and O–H groups in total. The molecule has 0 bridgehead atoms. The van der Waals surface area contributed by atoms with Crippen LogP contribution >= 0.6 is 11.6 Å². The Hall–Kier alpha value is -3.52. The molecule has 1 atom stereocenters. The smallest absolute Gasteiger partial charge is 0.325 e. The van der Waals surface area contributed by atoms with Crippen molar-refractivity contribution in [2.24, 2.45) is 0 Å². The van der Waals surface area contributed by atoms with Crippen LogP contribution in [0.2, 0.25) is 5.02 Å². The summed E-state index contributed by atoms with van der Waals surface area (Å²) >= 11 is 5.98. The molecule has 1 saturated heterocycles. The standard InChI is InChI=1S/C23H19ClN2O6/c1-23(14-3-5-18-20(11-14)31-8-2-7-30-18)21(28)26(22(29)25-23)12-16(27)19-10-13-9-15(24)4-6-17(13)32-19/h3-6,9-11H,2,7-8,12H2,1H3,(H,25,29). The zero-order chi connectivity index (χ0) is 22.5. The number of hydrogen-bond acceptors (Lipinski definition) is 6. The third-order valence-electron chi connectivity index (χ3n) is 5.65. The highest BCUT2D eigenvalue weighted by Gasteiger charge is 2.50. The molecule has 1 fully saturated rings. The lowest BCUT2D eigenvalue weighted by Crippen LogP contribution is -2.41. The Morgan fingerprint density at radius 1 is 1.09 bits per heavy atom. The summed E-state index contributed by atoms with van der Waals surface area (Å²) in [5.74, 6) is 0.114. The number of nitrogens with zero attached hydrogens (tertiary/aromatic N) is 1. The van der Waals surface area contributed by atoms with E-state index in [-0.39, 0.29) is 5.76 Å². The number of Topliss-reactive ketones (excluding diaryl/α,β-unsaturated/α-hetero) is 1. The van der Waals surface area contributed by atoms with Crippen molar-refractivity contribution in [3.8, 4) is 11.5 Å². The fourth-order valence-corrected chi connectivity index (χ4v) is 4.06. The predicted octanol–water partition coefficient (Wildman–Crippen LogP) is 3.90. The molecule has 0 spiro atoms. The summed E-state index contributed by atoms with van der Waals surface area (Å²) in [6.07, 6.45) is 0.751. The summed E-state index contributed by atoms with van der Waals surface area (Å²) in [6, 6.07) is 11.0. The van der Waals surface area contributed by atoms with Crippen LogP contribution in [0.25, 0.3) is 11.0 Å². The summed E-state index contributed by atoms with van der Waals surface area (Å²) in [4.78, 5) is 39.5. The number of hydrogen-bond donors (Lipinski definition) is 1. The molecule has 5 rings (SSSR count). The number of nitrogens with one attached hydrogen (secondary N) is 1. The molecular formula is C23H19ClN2O6. The quantitative estimate of drug-likeness (QED) is 0.474. The number of ketones is 1. The van der Waals surface area contributed by atoms with Crippen LogP contribution in [0.4, 0.5) is 4.79 Å². The Morgan fingerprint density at radius 2 is 1.88 bits per heavy atom. The maximum absolute atomic E-state index is 13.2. The van der Waals surface area contributed by atoms with Gasteiger partial charge in [-0.3, -0.25) is 14.5 Å². The van der Waals surface area contributed by atoms with E-state index in [1.54, 1.807) is 49.4 Å². The minimum absolute atomic E-state index is 0.0482. The Morgan fingerprint density at radius 3 is 2.69 bits per heavy atom. The highest BCUT2D eigenvalue weighted by atomic mass is 35.5. The van der Waals surface area contributed by atoms with E-state index in [2.05, 4.69) is 5.32 Å². The van der Waals surface area contributed by atoms with Crippen LogP contribution in [0.1, 0.15) is 29.5 Å². The molecule has 8 nitrogen and oxygen atoms in total. The van der Waals surface area contributed by atoms with E-state index >= 15 is 0 Å². The van der Waals surface area contributed by atoms with Crippen molar-refractivity contribution in [2.45, 2.75) is 18.9 Å². The maximum Gasteiger partial charge on any atom is 0.325 e. The highest BCUT2D eigenvalue weighted by molar-refractivity contribution is 6.31. The monoisotopic (exact) mass is 454 g/mol. The van der Waals surface area contributed by atoms with Crippen LogP contribution in [-0.4, -0.2) is 42.4 Å². The summed E-state index contributed by atoms with van der Waals surface area (Å²) < 4.78 is 16.9. The van der Waals surface area contributed by atoms with E-state index in [9.17, 15) is 14.4 Å². The molecule has 0 aliphatic carbocycles. The first-order valence-corrected chi connectivity index (χ1v) is 10.5. The lowest BCUT2D eigenvalue weighted by atomic mass is 9.91. The number of amides is 3. The molecule has 3 aromatic rings. The second-order valence-corrected chi connectivity index (χ2v) is 8.31. The summed E-state index contributed by atoms with van der Waals surface area (Å²) in [7, 11) is 0. The van der Waals surface area contributed by atoms with Crippen molar-refractivity contribution >= 4 is 40.3 Å². The number of carbonyl (C=O) groups excluding carboxylic acids is 3. The van der Waals surface area contributed by atoms with E-state index in [0.717, 1.165) is 11.3 Å². The average Bonchev–Trinajstić information content (AvgIpc) is 3.16. The van der Waals surface area contributed by atoms with Crippen molar-refractivity contribution in [3.05, 3.63) is 58.8 Å². The van der Waals surface area contributed by atoms with Gasteiger partial charge in [-0.1, -0.05) is 17.7 Å². The number of urea groups is 1. The van der Waals surface area contributed by atoms with Gasteiger partial charge in [0.2, 0.25) is 5.78 Å². The van der Waals surface area contributed by atoms with Gasteiger partial charge in [-0.05, 0) is 48.9 Å². The summed E-state index contributed by atoms with van der Waals surface area (Å²) in [5, 5.41) is 3.87. The molecule has 9 heteroatoms. The third kappa shape index (κ3) is 3.36. The molecule has 3 heterocycles. The van der Waals surface area contributed by atoms with E-state index in [4.69, 9.17) is 25.5 Å². The summed E-state index contributed by atoms with van der Waals surface area (Å²) in [6.45, 7) is 2.19. The first-order valence-electron chi connectivity index (χ1n) is 10.1. The van der Waals surface area contributed by atoms with Gasteiger partial charge in [-0.15, -0.1) is 0 Å². The number of benzene rings is 2. The van der Waals surface area contributed by atoms with Gasteiger partial charge in [0.05, 0.1) is 19.8 Å². The molecule has 2 aliphatic heterocycles. The molecule has 164 valence electrons. The zero-order valence-electron chi connectivity index (χ0n) is 17.1. The fraction of sp³-hybridized carbons (Fsp3) is 0.261. The normalized spacial score (nSPS) is 20.4. The number of rotatable bonds is 4. The number of furan rings is 1. The number of ether oxygens (including phenoxy) is 2. The molecule has 32 heavy (non-hydrogen) atoms. The molecule has 3 amide bonds. The molecule has 0 radical (unpaired) electrons. The lowest BCUT2D eigenvalue weighted by Gasteiger charge is -2.23. The van der Waals surface area contributed by atoms with Gasteiger partial charge >= 0.3 is 6.03 Å². The highest BCUT2D eigenvalue weighted by Crippen LogP contribution is 2.36. The third-order valence-corrected chi connectivity index (χ3v) is 5.89. The van der Waals surface area contributed by atoms with Crippen LogP contribution in [0, 0.1) is 0 Å². The SMILES string of the molecule is CC1(c2ccc3c(c2)OCCCO3)NC(=O)N(CC(=O)c2cc3cc(Cl)ccc3o2)C1=O. The van der Waals surface area contributed by atoms with Gasteiger partial charge in [0.1, 0.15) is 11.1 Å². The van der Waals surface area contributed by atoms with E-state index in [1.807, 2.05) is 0 Å². The second-order valence-electron chi connectivity index (χ2n) is 7.87. The van der Waals surface area contributed by atoms with Crippen molar-refractivity contribution in [1.82, 2.24) is 10.2 Å². The zero-order valence-corrected chi connectivity index (χ0v) is 17.9. The first-order chi connectivity index (χ1) is 15.3. The van der Waals surface area contributed by atoms with E-state index in [1.165, 1.54) is 0 Å². The summed E-state index contributed by atoms with van der Waals surface area (Å²) in [5.41, 5.74) is -0.316. The van der Waals surface area contributed by atoms with Crippen LogP contribution < -0.4 is 14.8 Å². The fourth-order valence-electron chi connectivity index (χ4n) is 3.88. The van der Waals surface area contributed by atoms with E-state index in [0.29, 0.717) is 46.3 Å². The minimum Gasteiger partial charge on any atom is -0.490 e. The average molecular weight is 455 g/mol. The largest absolute Gasteiger partial charge is 0.490 e. The van der Waals surface area contributed by atoms with Crippen LogP contribution in [-0.2, 0) is 10.3 Å². The first kappa shape index (κ1) is 20.4. The van der Waals surface area contributed by atoms with Gasteiger partial charge < -0.3 is 19.2 Å². The second kappa shape index (κ2) is 7.56. The predicted molar refractivity (Wildman–Crippen MR) is 115 cm³/mol. The molecule has 1 unspecified atom stereocenters. The minimum atomic E-state index is -1.34. The number of halogens is 1. The van der Waals surface area contributed by atoms with Gasteiger partial charge in [0, 0.05) is 16.8 Å². The number of fused-ring (bicyclic) bond motifs is 2. The lowest BCUT2D eigenvalue weighted by molar-refractivity contribution is -0.130. The van der Waals surface area contributed by atoms with E-state index < -0.39 is 29.8 Å². The molecule has 0 saturated carbocycles. The van der Waals surface area contributed by atoms with Gasteiger partial charge in [0.25, 0.3) is 5.91 Å². The Bertz CT molecular complexity index is 1270. The number of imide groups is 1. The van der Waals surface area contributed by atoms with Crippen molar-refractivity contribution in [2.75, 3.05) is 19.8 Å². The topological polar surface area (TPSA) is 98.1 Å². The molecule has 2 aromatic carbocycles. The van der Waals surface area contributed by atoms with Crippen LogP contribution in [0.15, 0.2) is 46.9 Å². The van der Waals surface area contributed by atoms with Gasteiger partial charge in [-0.25, -0.2) is 4.79 Å². The van der Waals surface area contributed by atoms with Crippen LogP contribution in [0.5, 0.6) is 11.5 Å². The Labute approximate surface area is 188 Å². The Kier molecular flexibility index (Phi) is 4.82. The maximum atomic E-state index is 13.2. The molecule has 1 aromatic heterocycles.